The number of aryl methyl sites for hydroxylation is 1. The van der Waals surface area contributed by atoms with Crippen LogP contribution in [-0.4, -0.2) is 24.5 Å². The summed E-state index contributed by atoms with van der Waals surface area (Å²) >= 11 is 0. The molecule has 1 aromatic carbocycles. The van der Waals surface area contributed by atoms with E-state index in [2.05, 4.69) is 24.4 Å². The standard InChI is InChI=1S/C14H18N2O/c1-10-3-2-4-12(9-10)16-8-7-13(14(16)17)15-11-5-6-11/h2-4,9,11,13,15H,5-8H2,1H3. The second-order valence-electron chi connectivity index (χ2n) is 5.11. The van der Waals surface area contributed by atoms with Crippen molar-refractivity contribution in [2.24, 2.45) is 0 Å². The number of nitrogens with zero attached hydrogens (tertiary/aromatic N) is 1. The van der Waals surface area contributed by atoms with Gasteiger partial charge in [0.1, 0.15) is 0 Å². The van der Waals surface area contributed by atoms with Crippen LogP contribution >= 0.6 is 0 Å². The first-order valence-corrected chi connectivity index (χ1v) is 6.38. The average molecular weight is 230 g/mol. The zero-order valence-corrected chi connectivity index (χ0v) is 10.1. The van der Waals surface area contributed by atoms with Crippen molar-refractivity contribution in [3.8, 4) is 0 Å². The van der Waals surface area contributed by atoms with E-state index in [4.69, 9.17) is 0 Å². The van der Waals surface area contributed by atoms with E-state index < -0.39 is 0 Å². The molecule has 1 aromatic rings. The molecule has 17 heavy (non-hydrogen) atoms. The van der Waals surface area contributed by atoms with Gasteiger partial charge in [-0.3, -0.25) is 4.79 Å². The third-order valence-corrected chi connectivity index (χ3v) is 3.53. The van der Waals surface area contributed by atoms with Crippen LogP contribution in [0.25, 0.3) is 0 Å². The topological polar surface area (TPSA) is 32.3 Å². The van der Waals surface area contributed by atoms with E-state index in [9.17, 15) is 4.79 Å². The molecule has 3 nitrogen and oxygen atoms in total. The van der Waals surface area contributed by atoms with Gasteiger partial charge in [-0.1, -0.05) is 12.1 Å². The van der Waals surface area contributed by atoms with Gasteiger partial charge >= 0.3 is 0 Å². The monoisotopic (exact) mass is 230 g/mol. The first-order valence-electron chi connectivity index (χ1n) is 6.38. The Bertz CT molecular complexity index is 440. The van der Waals surface area contributed by atoms with Gasteiger partial charge in [0, 0.05) is 18.3 Å². The summed E-state index contributed by atoms with van der Waals surface area (Å²) in [5.74, 6) is 0.238. The maximum Gasteiger partial charge on any atom is 0.244 e. The van der Waals surface area contributed by atoms with Crippen molar-refractivity contribution in [3.05, 3.63) is 29.8 Å². The maximum absolute atomic E-state index is 12.2. The number of carbonyl (C=O) groups excluding carboxylic acids is 1. The van der Waals surface area contributed by atoms with Crippen molar-refractivity contribution in [2.75, 3.05) is 11.4 Å². The van der Waals surface area contributed by atoms with Gasteiger partial charge in [0.05, 0.1) is 6.04 Å². The molecule has 90 valence electrons. The predicted octanol–water partition coefficient (Wildman–Crippen LogP) is 1.85. The minimum Gasteiger partial charge on any atom is -0.311 e. The highest BCUT2D eigenvalue weighted by atomic mass is 16.2. The van der Waals surface area contributed by atoms with E-state index in [1.807, 2.05) is 17.0 Å². The number of hydrogen-bond donors (Lipinski definition) is 1. The van der Waals surface area contributed by atoms with E-state index in [1.165, 1.54) is 18.4 Å². The minimum absolute atomic E-state index is 0.0445. The van der Waals surface area contributed by atoms with E-state index in [0.717, 1.165) is 18.7 Å². The number of anilines is 1. The van der Waals surface area contributed by atoms with Gasteiger partial charge < -0.3 is 10.2 Å². The highest BCUT2D eigenvalue weighted by Crippen LogP contribution is 2.26. The lowest BCUT2D eigenvalue weighted by Gasteiger charge is -2.17. The molecule has 0 spiro atoms. The average Bonchev–Trinajstić information content (AvgIpc) is 3.04. The molecule has 1 N–H and O–H groups in total. The molecule has 0 radical (unpaired) electrons. The quantitative estimate of drug-likeness (QED) is 0.859. The van der Waals surface area contributed by atoms with Crippen molar-refractivity contribution in [3.63, 3.8) is 0 Å². The first kappa shape index (κ1) is 10.8. The van der Waals surface area contributed by atoms with Gasteiger partial charge in [-0.25, -0.2) is 0 Å². The summed E-state index contributed by atoms with van der Waals surface area (Å²) in [5.41, 5.74) is 2.24. The van der Waals surface area contributed by atoms with E-state index in [-0.39, 0.29) is 11.9 Å². The van der Waals surface area contributed by atoms with Gasteiger partial charge in [0.25, 0.3) is 0 Å². The Morgan fingerprint density at radius 2 is 2.12 bits per heavy atom. The van der Waals surface area contributed by atoms with Crippen molar-refractivity contribution >= 4 is 11.6 Å². The second-order valence-corrected chi connectivity index (χ2v) is 5.11. The summed E-state index contributed by atoms with van der Waals surface area (Å²) in [6.45, 7) is 2.90. The predicted molar refractivity (Wildman–Crippen MR) is 68.1 cm³/mol. The Hall–Kier alpha value is -1.35. The third-order valence-electron chi connectivity index (χ3n) is 3.53. The lowest BCUT2D eigenvalue weighted by atomic mass is 10.2. The Morgan fingerprint density at radius 3 is 2.82 bits per heavy atom. The summed E-state index contributed by atoms with van der Waals surface area (Å²) in [4.78, 5) is 14.2. The molecular formula is C14H18N2O. The fourth-order valence-electron chi connectivity index (χ4n) is 2.42. The molecule has 0 bridgehead atoms. The van der Waals surface area contributed by atoms with E-state index in [0.29, 0.717) is 6.04 Å². The third kappa shape index (κ3) is 2.20. The summed E-state index contributed by atoms with van der Waals surface area (Å²) in [7, 11) is 0. The molecule has 1 aliphatic carbocycles. The molecule has 3 rings (SSSR count). The molecule has 1 saturated carbocycles. The molecule has 1 unspecified atom stereocenters. The first-order chi connectivity index (χ1) is 8.24. The summed E-state index contributed by atoms with van der Waals surface area (Å²) in [6.07, 6.45) is 3.39. The van der Waals surface area contributed by atoms with Crippen LogP contribution in [-0.2, 0) is 4.79 Å². The fourth-order valence-corrected chi connectivity index (χ4v) is 2.42. The van der Waals surface area contributed by atoms with Gasteiger partial charge in [-0.15, -0.1) is 0 Å². The van der Waals surface area contributed by atoms with Crippen LogP contribution in [0.2, 0.25) is 0 Å². The molecule has 1 amide bonds. The zero-order chi connectivity index (χ0) is 11.8. The zero-order valence-electron chi connectivity index (χ0n) is 10.1. The fraction of sp³-hybridized carbons (Fsp3) is 0.500. The molecular weight excluding hydrogens is 212 g/mol. The largest absolute Gasteiger partial charge is 0.311 e. The highest BCUT2D eigenvalue weighted by Gasteiger charge is 2.36. The van der Waals surface area contributed by atoms with Crippen LogP contribution in [0.4, 0.5) is 5.69 Å². The molecule has 1 saturated heterocycles. The number of benzene rings is 1. The van der Waals surface area contributed by atoms with E-state index >= 15 is 0 Å². The van der Waals surface area contributed by atoms with Crippen LogP contribution < -0.4 is 10.2 Å². The Balaban J connectivity index is 1.74. The van der Waals surface area contributed by atoms with Gasteiger partial charge in [0.15, 0.2) is 0 Å². The van der Waals surface area contributed by atoms with Crippen molar-refractivity contribution in [1.82, 2.24) is 5.32 Å². The van der Waals surface area contributed by atoms with Crippen LogP contribution in [0.5, 0.6) is 0 Å². The Labute approximate surface area is 102 Å². The Morgan fingerprint density at radius 1 is 1.29 bits per heavy atom. The maximum atomic E-state index is 12.2. The lowest BCUT2D eigenvalue weighted by Crippen LogP contribution is -2.39. The number of nitrogens with one attached hydrogen (secondary N) is 1. The summed E-state index contributed by atoms with van der Waals surface area (Å²) < 4.78 is 0. The number of rotatable bonds is 3. The molecule has 1 aliphatic heterocycles. The van der Waals surface area contributed by atoms with Crippen LogP contribution in [0, 0.1) is 6.92 Å². The highest BCUT2D eigenvalue weighted by molar-refractivity contribution is 5.99. The van der Waals surface area contributed by atoms with Crippen molar-refractivity contribution in [1.29, 1.82) is 0 Å². The minimum atomic E-state index is 0.0445. The SMILES string of the molecule is Cc1cccc(N2CCC(NC3CC3)C2=O)c1. The lowest BCUT2D eigenvalue weighted by molar-refractivity contribution is -0.118. The normalized spacial score (nSPS) is 24.4. The second kappa shape index (κ2) is 4.15. The molecule has 1 heterocycles. The van der Waals surface area contributed by atoms with Crippen molar-refractivity contribution < 1.29 is 4.79 Å². The van der Waals surface area contributed by atoms with Crippen LogP contribution in [0.3, 0.4) is 0 Å². The molecule has 2 fully saturated rings. The molecule has 3 heteroatoms. The van der Waals surface area contributed by atoms with Crippen LogP contribution in [0.15, 0.2) is 24.3 Å². The number of hydrogen-bond acceptors (Lipinski definition) is 2. The number of amides is 1. The summed E-state index contributed by atoms with van der Waals surface area (Å²) in [6, 6.07) is 8.81. The van der Waals surface area contributed by atoms with Crippen molar-refractivity contribution in [2.45, 2.75) is 38.3 Å². The molecule has 1 atom stereocenters. The van der Waals surface area contributed by atoms with Gasteiger partial charge in [0.2, 0.25) is 5.91 Å². The molecule has 0 aromatic heterocycles. The van der Waals surface area contributed by atoms with Crippen LogP contribution in [0.1, 0.15) is 24.8 Å². The van der Waals surface area contributed by atoms with Gasteiger partial charge in [-0.05, 0) is 43.9 Å². The van der Waals surface area contributed by atoms with E-state index in [1.54, 1.807) is 0 Å². The van der Waals surface area contributed by atoms with Gasteiger partial charge in [-0.2, -0.15) is 0 Å². The summed E-state index contributed by atoms with van der Waals surface area (Å²) in [5, 5.41) is 3.43. The number of carbonyl (C=O) groups is 1. The molecule has 2 aliphatic rings. The smallest absolute Gasteiger partial charge is 0.244 e. The Kier molecular flexibility index (Phi) is 2.63.